The summed E-state index contributed by atoms with van der Waals surface area (Å²) in [6.45, 7) is 9.19. The molecule has 0 unspecified atom stereocenters. The Morgan fingerprint density at radius 3 is 2.06 bits per heavy atom. The SMILES string of the molecule is CCN(CC)CCN(C)C1Cc2ccccc2C1. The molecule has 0 spiro atoms. The monoisotopic (exact) mass is 246 g/mol. The van der Waals surface area contributed by atoms with E-state index in [0.29, 0.717) is 6.04 Å². The van der Waals surface area contributed by atoms with Crippen LogP contribution >= 0.6 is 0 Å². The van der Waals surface area contributed by atoms with Crippen LogP contribution in [0, 0.1) is 0 Å². The van der Waals surface area contributed by atoms with Crippen molar-refractivity contribution in [2.75, 3.05) is 33.2 Å². The molecule has 1 aromatic rings. The van der Waals surface area contributed by atoms with Crippen LogP contribution in [0.4, 0.5) is 0 Å². The molecular formula is C16H26N2. The molecule has 0 aliphatic heterocycles. The third-order valence-electron chi connectivity index (χ3n) is 4.32. The summed E-state index contributed by atoms with van der Waals surface area (Å²) in [6, 6.07) is 9.60. The lowest BCUT2D eigenvalue weighted by Gasteiger charge is -2.27. The fourth-order valence-electron chi connectivity index (χ4n) is 2.87. The van der Waals surface area contributed by atoms with Crippen molar-refractivity contribution in [2.45, 2.75) is 32.7 Å². The zero-order valence-electron chi connectivity index (χ0n) is 12.0. The fraction of sp³-hybridized carbons (Fsp3) is 0.625. The number of likely N-dealkylation sites (N-methyl/N-ethyl adjacent to an activating group) is 2. The molecule has 1 aliphatic carbocycles. The highest BCUT2D eigenvalue weighted by Crippen LogP contribution is 2.24. The van der Waals surface area contributed by atoms with E-state index in [1.54, 1.807) is 11.1 Å². The van der Waals surface area contributed by atoms with Gasteiger partial charge in [0.2, 0.25) is 0 Å². The molecule has 0 saturated carbocycles. The van der Waals surface area contributed by atoms with Crippen molar-refractivity contribution in [3.8, 4) is 0 Å². The van der Waals surface area contributed by atoms with E-state index in [9.17, 15) is 0 Å². The average molecular weight is 246 g/mol. The zero-order valence-corrected chi connectivity index (χ0v) is 12.0. The average Bonchev–Trinajstić information content (AvgIpc) is 2.83. The molecule has 2 rings (SSSR count). The third kappa shape index (κ3) is 3.12. The van der Waals surface area contributed by atoms with E-state index in [-0.39, 0.29) is 0 Å². The summed E-state index contributed by atoms with van der Waals surface area (Å²) in [5.41, 5.74) is 3.11. The molecule has 0 saturated heterocycles. The first-order valence-corrected chi connectivity index (χ1v) is 7.24. The quantitative estimate of drug-likeness (QED) is 0.760. The van der Waals surface area contributed by atoms with E-state index >= 15 is 0 Å². The molecule has 0 amide bonds. The number of fused-ring (bicyclic) bond motifs is 1. The maximum Gasteiger partial charge on any atom is 0.0174 e. The lowest BCUT2D eigenvalue weighted by atomic mass is 10.1. The standard InChI is InChI=1S/C16H26N2/c1-4-18(5-2)11-10-17(3)16-12-14-8-6-7-9-15(14)13-16/h6-9,16H,4-5,10-13H2,1-3H3. The van der Waals surface area contributed by atoms with Crippen molar-refractivity contribution in [2.24, 2.45) is 0 Å². The Labute approximate surface area is 112 Å². The van der Waals surface area contributed by atoms with E-state index in [4.69, 9.17) is 0 Å². The van der Waals surface area contributed by atoms with Crippen LogP contribution in [0.3, 0.4) is 0 Å². The second kappa shape index (κ2) is 6.35. The lowest BCUT2D eigenvalue weighted by molar-refractivity contribution is 0.200. The van der Waals surface area contributed by atoms with Gasteiger partial charge in [-0.15, -0.1) is 0 Å². The van der Waals surface area contributed by atoms with Gasteiger partial charge in [-0.1, -0.05) is 38.1 Å². The second-order valence-corrected chi connectivity index (χ2v) is 5.34. The predicted octanol–water partition coefficient (Wildman–Crippen LogP) is 2.43. The Morgan fingerprint density at radius 1 is 1.00 bits per heavy atom. The minimum absolute atomic E-state index is 0.706. The van der Waals surface area contributed by atoms with Crippen molar-refractivity contribution in [3.63, 3.8) is 0 Å². The summed E-state index contributed by atoms with van der Waals surface area (Å²) in [6.07, 6.45) is 2.45. The normalized spacial score (nSPS) is 15.6. The van der Waals surface area contributed by atoms with Crippen molar-refractivity contribution < 1.29 is 0 Å². The third-order valence-corrected chi connectivity index (χ3v) is 4.32. The maximum absolute atomic E-state index is 2.54. The molecule has 0 atom stereocenters. The van der Waals surface area contributed by atoms with Crippen LogP contribution in [0.25, 0.3) is 0 Å². The predicted molar refractivity (Wildman–Crippen MR) is 78.1 cm³/mol. The highest BCUT2D eigenvalue weighted by molar-refractivity contribution is 5.33. The van der Waals surface area contributed by atoms with Crippen LogP contribution in [0.2, 0.25) is 0 Å². The van der Waals surface area contributed by atoms with Gasteiger partial charge in [-0.3, -0.25) is 0 Å². The maximum atomic E-state index is 2.54. The van der Waals surface area contributed by atoms with Crippen LogP contribution in [-0.2, 0) is 12.8 Å². The molecule has 2 heteroatoms. The fourth-order valence-corrected chi connectivity index (χ4v) is 2.87. The number of nitrogens with zero attached hydrogens (tertiary/aromatic N) is 2. The first-order chi connectivity index (χ1) is 8.74. The summed E-state index contributed by atoms with van der Waals surface area (Å²) >= 11 is 0. The second-order valence-electron chi connectivity index (χ2n) is 5.34. The molecule has 0 fully saturated rings. The summed E-state index contributed by atoms with van der Waals surface area (Å²) < 4.78 is 0. The summed E-state index contributed by atoms with van der Waals surface area (Å²) in [7, 11) is 2.28. The van der Waals surface area contributed by atoms with E-state index in [1.165, 1.54) is 25.9 Å². The summed E-state index contributed by atoms with van der Waals surface area (Å²) in [5.74, 6) is 0. The van der Waals surface area contributed by atoms with Crippen LogP contribution in [0.1, 0.15) is 25.0 Å². The number of hydrogen-bond acceptors (Lipinski definition) is 2. The van der Waals surface area contributed by atoms with Crippen molar-refractivity contribution in [3.05, 3.63) is 35.4 Å². The molecule has 100 valence electrons. The lowest BCUT2D eigenvalue weighted by Crippen LogP contribution is -2.39. The van der Waals surface area contributed by atoms with Crippen molar-refractivity contribution >= 4 is 0 Å². The van der Waals surface area contributed by atoms with Crippen LogP contribution in [-0.4, -0.2) is 49.1 Å². The van der Waals surface area contributed by atoms with Gasteiger partial charge >= 0.3 is 0 Å². The highest BCUT2D eigenvalue weighted by atomic mass is 15.2. The van der Waals surface area contributed by atoms with E-state index in [2.05, 4.69) is 55.0 Å². The molecule has 18 heavy (non-hydrogen) atoms. The molecule has 1 aliphatic rings. The van der Waals surface area contributed by atoms with E-state index in [0.717, 1.165) is 13.1 Å². The topological polar surface area (TPSA) is 6.48 Å². The summed E-state index contributed by atoms with van der Waals surface area (Å²) in [4.78, 5) is 5.04. The Kier molecular flexibility index (Phi) is 4.79. The molecule has 0 radical (unpaired) electrons. The summed E-state index contributed by atoms with van der Waals surface area (Å²) in [5, 5.41) is 0. The van der Waals surface area contributed by atoms with Crippen LogP contribution in [0.15, 0.2) is 24.3 Å². The smallest absolute Gasteiger partial charge is 0.0174 e. The Balaban J connectivity index is 1.84. The molecule has 2 nitrogen and oxygen atoms in total. The van der Waals surface area contributed by atoms with Gasteiger partial charge in [0.05, 0.1) is 0 Å². The van der Waals surface area contributed by atoms with Gasteiger partial charge < -0.3 is 9.80 Å². The van der Waals surface area contributed by atoms with Gasteiger partial charge in [0.15, 0.2) is 0 Å². The van der Waals surface area contributed by atoms with Gasteiger partial charge in [0, 0.05) is 19.1 Å². The van der Waals surface area contributed by atoms with Gasteiger partial charge in [-0.25, -0.2) is 0 Å². The number of rotatable bonds is 6. The molecule has 0 bridgehead atoms. The minimum Gasteiger partial charge on any atom is -0.303 e. The van der Waals surface area contributed by atoms with Gasteiger partial charge in [0.25, 0.3) is 0 Å². The number of benzene rings is 1. The van der Waals surface area contributed by atoms with Gasteiger partial charge in [0.1, 0.15) is 0 Å². The highest BCUT2D eigenvalue weighted by Gasteiger charge is 2.24. The first-order valence-electron chi connectivity index (χ1n) is 7.24. The Hall–Kier alpha value is -0.860. The molecule has 1 aromatic carbocycles. The number of hydrogen-bond donors (Lipinski definition) is 0. The Morgan fingerprint density at radius 2 is 1.56 bits per heavy atom. The largest absolute Gasteiger partial charge is 0.303 e. The van der Waals surface area contributed by atoms with E-state index in [1.807, 2.05) is 0 Å². The Bertz CT molecular complexity index is 346. The molecule has 0 N–H and O–H groups in total. The molecule has 0 heterocycles. The minimum atomic E-state index is 0.706. The first kappa shape index (κ1) is 13.6. The van der Waals surface area contributed by atoms with E-state index < -0.39 is 0 Å². The van der Waals surface area contributed by atoms with Crippen LogP contribution in [0.5, 0.6) is 0 Å². The molecular weight excluding hydrogens is 220 g/mol. The van der Waals surface area contributed by atoms with Crippen molar-refractivity contribution in [1.82, 2.24) is 9.80 Å². The van der Waals surface area contributed by atoms with Gasteiger partial charge in [-0.2, -0.15) is 0 Å². The zero-order chi connectivity index (χ0) is 13.0. The van der Waals surface area contributed by atoms with Crippen molar-refractivity contribution in [1.29, 1.82) is 0 Å². The van der Waals surface area contributed by atoms with Gasteiger partial charge in [-0.05, 0) is 44.1 Å². The molecule has 0 aromatic heterocycles. The van der Waals surface area contributed by atoms with Crippen LogP contribution < -0.4 is 0 Å².